The maximum absolute atomic E-state index is 3.57. The Bertz CT molecular complexity index is 539. The van der Waals surface area contributed by atoms with Crippen LogP contribution in [-0.4, -0.2) is 13.1 Å². The Kier molecular flexibility index (Phi) is 6.52. The van der Waals surface area contributed by atoms with Gasteiger partial charge in [-0.05, 0) is 70.9 Å². The fourth-order valence-corrected chi connectivity index (χ4v) is 3.07. The molecule has 0 heterocycles. The molecule has 1 atom stereocenters. The summed E-state index contributed by atoms with van der Waals surface area (Å²) < 4.78 is 2.44. The molecule has 106 valence electrons. The van der Waals surface area contributed by atoms with Crippen molar-refractivity contribution in [2.24, 2.45) is 0 Å². The van der Waals surface area contributed by atoms with E-state index in [-0.39, 0.29) is 0 Å². The van der Waals surface area contributed by atoms with Gasteiger partial charge in [-0.15, -0.1) is 0 Å². The summed E-state index contributed by atoms with van der Waals surface area (Å²) in [7, 11) is 0. The Morgan fingerprint density at radius 2 is 1.90 bits per heavy atom. The molecule has 20 heavy (non-hydrogen) atoms. The quantitative estimate of drug-likeness (QED) is 0.620. The van der Waals surface area contributed by atoms with Crippen molar-refractivity contribution < 1.29 is 0 Å². The smallest absolute Gasteiger partial charge is 0.0178 e. The van der Waals surface area contributed by atoms with Crippen molar-refractivity contribution in [3.05, 3.63) is 67.7 Å². The van der Waals surface area contributed by atoms with Gasteiger partial charge in [-0.3, -0.25) is 0 Å². The van der Waals surface area contributed by atoms with Crippen molar-refractivity contribution in [3.63, 3.8) is 0 Å². The summed E-state index contributed by atoms with van der Waals surface area (Å²) >= 11 is 5.92. The van der Waals surface area contributed by atoms with E-state index >= 15 is 0 Å². The molecular formula is C17H19BrIN. The maximum Gasteiger partial charge on any atom is 0.0178 e. The van der Waals surface area contributed by atoms with Gasteiger partial charge in [-0.25, -0.2) is 0 Å². The lowest BCUT2D eigenvalue weighted by Gasteiger charge is -2.18. The van der Waals surface area contributed by atoms with Crippen molar-refractivity contribution >= 4 is 38.5 Å². The Hall–Kier alpha value is -0.390. The minimum atomic E-state index is 0.507. The molecule has 0 aromatic heterocycles. The van der Waals surface area contributed by atoms with Gasteiger partial charge in [0.1, 0.15) is 0 Å². The van der Waals surface area contributed by atoms with Gasteiger partial charge in [0.25, 0.3) is 0 Å². The highest BCUT2D eigenvalue weighted by molar-refractivity contribution is 14.1. The van der Waals surface area contributed by atoms with E-state index in [0.29, 0.717) is 5.92 Å². The molecule has 1 N–H and O–H groups in total. The van der Waals surface area contributed by atoms with Crippen molar-refractivity contribution in [1.29, 1.82) is 0 Å². The molecular weight excluding hydrogens is 425 g/mol. The van der Waals surface area contributed by atoms with Gasteiger partial charge in [0.2, 0.25) is 0 Å². The van der Waals surface area contributed by atoms with Crippen LogP contribution in [0.5, 0.6) is 0 Å². The number of hydrogen-bond acceptors (Lipinski definition) is 1. The molecule has 0 saturated carbocycles. The van der Waals surface area contributed by atoms with E-state index in [1.54, 1.807) is 0 Å². The summed E-state index contributed by atoms with van der Waals surface area (Å²) in [6.07, 6.45) is 1.07. The van der Waals surface area contributed by atoms with Gasteiger partial charge in [-0.2, -0.15) is 0 Å². The number of rotatable bonds is 6. The second-order valence-corrected chi connectivity index (χ2v) is 7.05. The molecule has 0 saturated heterocycles. The first-order valence-electron chi connectivity index (χ1n) is 6.89. The van der Waals surface area contributed by atoms with E-state index in [9.17, 15) is 0 Å². The summed E-state index contributed by atoms with van der Waals surface area (Å²) in [5, 5.41) is 3.48. The van der Waals surface area contributed by atoms with Crippen molar-refractivity contribution in [3.8, 4) is 0 Å². The summed E-state index contributed by atoms with van der Waals surface area (Å²) in [5.74, 6) is 0.507. The zero-order chi connectivity index (χ0) is 14.4. The van der Waals surface area contributed by atoms with Gasteiger partial charge >= 0.3 is 0 Å². The highest BCUT2D eigenvalue weighted by Gasteiger charge is 2.12. The van der Waals surface area contributed by atoms with Crippen LogP contribution in [0.15, 0.2) is 53.0 Å². The second kappa shape index (κ2) is 8.15. The van der Waals surface area contributed by atoms with Gasteiger partial charge < -0.3 is 5.32 Å². The van der Waals surface area contributed by atoms with Crippen LogP contribution in [0.25, 0.3) is 0 Å². The molecule has 2 aromatic carbocycles. The first-order valence-corrected chi connectivity index (χ1v) is 8.77. The Morgan fingerprint density at radius 1 is 1.15 bits per heavy atom. The predicted octanol–water partition coefficient (Wildman–Crippen LogP) is 4.99. The highest BCUT2D eigenvalue weighted by Crippen LogP contribution is 2.23. The molecule has 2 aromatic rings. The summed E-state index contributed by atoms with van der Waals surface area (Å²) in [6.45, 7) is 4.18. The van der Waals surface area contributed by atoms with E-state index in [0.717, 1.165) is 24.0 Å². The standard InChI is InChI=1S/C17H19BrIN/c1-2-20-12-15(14-4-3-5-16(18)11-14)10-13-6-8-17(19)9-7-13/h3-9,11,15,20H,2,10,12H2,1H3. The van der Waals surface area contributed by atoms with E-state index in [2.05, 4.69) is 99.3 Å². The molecule has 2 rings (SSSR count). The number of hydrogen-bond donors (Lipinski definition) is 1. The largest absolute Gasteiger partial charge is 0.316 e. The van der Waals surface area contributed by atoms with Crippen LogP contribution in [0.2, 0.25) is 0 Å². The van der Waals surface area contributed by atoms with Crippen LogP contribution >= 0.6 is 38.5 Å². The molecule has 1 unspecified atom stereocenters. The summed E-state index contributed by atoms with van der Waals surface area (Å²) in [5.41, 5.74) is 2.78. The number of halogens is 2. The highest BCUT2D eigenvalue weighted by atomic mass is 127. The van der Waals surface area contributed by atoms with Crippen molar-refractivity contribution in [2.75, 3.05) is 13.1 Å². The first-order chi connectivity index (χ1) is 9.69. The zero-order valence-electron chi connectivity index (χ0n) is 11.6. The molecule has 0 fully saturated rings. The van der Waals surface area contributed by atoms with Gasteiger partial charge in [0, 0.05) is 20.5 Å². The van der Waals surface area contributed by atoms with E-state index in [1.165, 1.54) is 14.7 Å². The molecule has 0 aliphatic heterocycles. The van der Waals surface area contributed by atoms with Crippen LogP contribution in [0.1, 0.15) is 24.0 Å². The minimum absolute atomic E-state index is 0.507. The number of benzene rings is 2. The molecule has 0 spiro atoms. The molecule has 0 radical (unpaired) electrons. The fraction of sp³-hybridized carbons (Fsp3) is 0.294. The molecule has 0 aliphatic rings. The van der Waals surface area contributed by atoms with E-state index in [4.69, 9.17) is 0 Å². The number of likely N-dealkylation sites (N-methyl/N-ethyl adjacent to an activating group) is 1. The van der Waals surface area contributed by atoms with Crippen LogP contribution in [0.4, 0.5) is 0 Å². The lowest BCUT2D eigenvalue weighted by atomic mass is 9.92. The minimum Gasteiger partial charge on any atom is -0.316 e. The van der Waals surface area contributed by atoms with Crippen LogP contribution < -0.4 is 5.32 Å². The predicted molar refractivity (Wildman–Crippen MR) is 98.3 cm³/mol. The lowest BCUT2D eigenvalue weighted by molar-refractivity contribution is 0.595. The molecule has 0 bridgehead atoms. The third-order valence-electron chi connectivity index (χ3n) is 3.36. The monoisotopic (exact) mass is 443 g/mol. The first kappa shape index (κ1) is 16.0. The SMILES string of the molecule is CCNCC(Cc1ccc(I)cc1)c1cccc(Br)c1. The topological polar surface area (TPSA) is 12.0 Å². The van der Waals surface area contributed by atoms with Crippen LogP contribution in [0, 0.1) is 3.57 Å². The Morgan fingerprint density at radius 3 is 2.55 bits per heavy atom. The molecule has 3 heteroatoms. The second-order valence-electron chi connectivity index (χ2n) is 4.89. The third-order valence-corrected chi connectivity index (χ3v) is 4.57. The number of nitrogens with one attached hydrogen (secondary N) is 1. The fourth-order valence-electron chi connectivity index (χ4n) is 2.29. The molecule has 0 aliphatic carbocycles. The lowest BCUT2D eigenvalue weighted by Crippen LogP contribution is -2.22. The van der Waals surface area contributed by atoms with Crippen molar-refractivity contribution in [2.45, 2.75) is 19.3 Å². The summed E-state index contributed by atoms with van der Waals surface area (Å²) in [6, 6.07) is 17.5. The zero-order valence-corrected chi connectivity index (χ0v) is 15.3. The van der Waals surface area contributed by atoms with Gasteiger partial charge in [-0.1, -0.05) is 47.1 Å². The van der Waals surface area contributed by atoms with E-state index < -0.39 is 0 Å². The normalized spacial score (nSPS) is 12.3. The van der Waals surface area contributed by atoms with Crippen LogP contribution in [0.3, 0.4) is 0 Å². The Labute approximate surface area is 143 Å². The average Bonchev–Trinajstić information content (AvgIpc) is 2.45. The summed E-state index contributed by atoms with van der Waals surface area (Å²) in [4.78, 5) is 0. The van der Waals surface area contributed by atoms with Crippen molar-refractivity contribution in [1.82, 2.24) is 5.32 Å². The third kappa shape index (κ3) is 4.86. The van der Waals surface area contributed by atoms with Crippen LogP contribution in [-0.2, 0) is 6.42 Å². The Balaban J connectivity index is 2.16. The van der Waals surface area contributed by atoms with Gasteiger partial charge in [0.05, 0.1) is 0 Å². The average molecular weight is 444 g/mol. The van der Waals surface area contributed by atoms with E-state index in [1.807, 2.05) is 0 Å². The van der Waals surface area contributed by atoms with Gasteiger partial charge in [0.15, 0.2) is 0 Å². The maximum atomic E-state index is 3.57. The molecule has 0 amide bonds. The molecule has 1 nitrogen and oxygen atoms in total.